The standard InChI is InChI=1S/C16H23NO3S/c1-4-9-16(2,15(19)20-3)17-14(18)12-6-5-7-13-11(12)8-10-21-13/h8,10,12H,4-7,9H2,1-3H3,(H,17,18). The first-order chi connectivity index (χ1) is 10.0. The summed E-state index contributed by atoms with van der Waals surface area (Å²) in [6, 6.07) is 2.04. The van der Waals surface area contributed by atoms with Crippen LogP contribution in [-0.2, 0) is 20.7 Å². The van der Waals surface area contributed by atoms with Gasteiger partial charge in [-0.2, -0.15) is 0 Å². The van der Waals surface area contributed by atoms with Gasteiger partial charge in [0.25, 0.3) is 0 Å². The van der Waals surface area contributed by atoms with E-state index >= 15 is 0 Å². The first kappa shape index (κ1) is 16.0. The molecule has 1 aromatic heterocycles. The summed E-state index contributed by atoms with van der Waals surface area (Å²) in [5.74, 6) is -0.574. The predicted octanol–water partition coefficient (Wildman–Crippen LogP) is 3.02. The van der Waals surface area contributed by atoms with Crippen molar-refractivity contribution in [2.45, 2.75) is 57.4 Å². The van der Waals surface area contributed by atoms with E-state index in [0.29, 0.717) is 6.42 Å². The van der Waals surface area contributed by atoms with Crippen LogP contribution in [0.4, 0.5) is 0 Å². The van der Waals surface area contributed by atoms with Crippen molar-refractivity contribution in [3.05, 3.63) is 21.9 Å². The third-order valence-corrected chi connectivity index (χ3v) is 5.15. The predicted molar refractivity (Wildman–Crippen MR) is 83.5 cm³/mol. The van der Waals surface area contributed by atoms with Gasteiger partial charge in [-0.1, -0.05) is 13.3 Å². The smallest absolute Gasteiger partial charge is 0.331 e. The molecule has 0 aliphatic heterocycles. The third kappa shape index (κ3) is 3.28. The summed E-state index contributed by atoms with van der Waals surface area (Å²) in [6.07, 6.45) is 4.31. The Morgan fingerprint density at radius 3 is 2.95 bits per heavy atom. The van der Waals surface area contributed by atoms with Gasteiger partial charge in [-0.3, -0.25) is 4.79 Å². The molecule has 0 aromatic carbocycles. The van der Waals surface area contributed by atoms with Gasteiger partial charge in [0.15, 0.2) is 0 Å². The molecular weight excluding hydrogens is 286 g/mol. The normalized spacial score (nSPS) is 20.2. The lowest BCUT2D eigenvalue weighted by Crippen LogP contribution is -2.54. The van der Waals surface area contributed by atoms with Crippen LogP contribution in [0.3, 0.4) is 0 Å². The second-order valence-electron chi connectivity index (χ2n) is 5.81. The van der Waals surface area contributed by atoms with Crippen LogP contribution in [-0.4, -0.2) is 24.5 Å². The molecule has 1 amide bonds. The van der Waals surface area contributed by atoms with Crippen molar-refractivity contribution in [2.24, 2.45) is 0 Å². The number of amides is 1. The van der Waals surface area contributed by atoms with Gasteiger partial charge in [0, 0.05) is 4.88 Å². The zero-order valence-electron chi connectivity index (χ0n) is 12.9. The number of esters is 1. The number of aryl methyl sites for hydroxylation is 1. The SMILES string of the molecule is CCCC(C)(NC(=O)C1CCCc2sccc21)C(=O)OC. The Labute approximate surface area is 129 Å². The molecule has 0 bridgehead atoms. The van der Waals surface area contributed by atoms with Crippen molar-refractivity contribution in [2.75, 3.05) is 7.11 Å². The fourth-order valence-corrected chi connectivity index (χ4v) is 4.05. The molecule has 2 rings (SSSR count). The Morgan fingerprint density at radius 2 is 2.29 bits per heavy atom. The van der Waals surface area contributed by atoms with E-state index in [4.69, 9.17) is 4.74 Å². The van der Waals surface area contributed by atoms with Crippen molar-refractivity contribution in [3.8, 4) is 0 Å². The molecule has 2 atom stereocenters. The van der Waals surface area contributed by atoms with Gasteiger partial charge in [-0.15, -0.1) is 11.3 Å². The molecule has 116 valence electrons. The molecule has 0 saturated carbocycles. The van der Waals surface area contributed by atoms with Crippen LogP contribution in [0.5, 0.6) is 0 Å². The fraction of sp³-hybridized carbons (Fsp3) is 0.625. The molecule has 0 fully saturated rings. The molecule has 1 N–H and O–H groups in total. The van der Waals surface area contributed by atoms with E-state index in [-0.39, 0.29) is 17.8 Å². The van der Waals surface area contributed by atoms with Gasteiger partial charge in [-0.05, 0) is 49.6 Å². The Kier molecular flexibility index (Phi) is 5.04. The molecule has 1 aliphatic rings. The monoisotopic (exact) mass is 309 g/mol. The molecule has 0 saturated heterocycles. The molecule has 0 spiro atoms. The van der Waals surface area contributed by atoms with Gasteiger partial charge in [-0.25, -0.2) is 4.79 Å². The van der Waals surface area contributed by atoms with Gasteiger partial charge >= 0.3 is 5.97 Å². The lowest BCUT2D eigenvalue weighted by molar-refractivity contribution is -0.150. The number of carbonyl (C=O) groups is 2. The van der Waals surface area contributed by atoms with Crippen molar-refractivity contribution in [3.63, 3.8) is 0 Å². The van der Waals surface area contributed by atoms with E-state index in [9.17, 15) is 9.59 Å². The highest BCUT2D eigenvalue weighted by molar-refractivity contribution is 7.10. The van der Waals surface area contributed by atoms with Crippen LogP contribution in [0.15, 0.2) is 11.4 Å². The van der Waals surface area contributed by atoms with E-state index in [0.717, 1.165) is 31.2 Å². The summed E-state index contributed by atoms with van der Waals surface area (Å²) >= 11 is 1.71. The minimum absolute atomic E-state index is 0.0595. The van der Waals surface area contributed by atoms with Gasteiger partial charge in [0.05, 0.1) is 13.0 Å². The van der Waals surface area contributed by atoms with E-state index in [1.165, 1.54) is 12.0 Å². The third-order valence-electron chi connectivity index (χ3n) is 4.15. The summed E-state index contributed by atoms with van der Waals surface area (Å²) in [5, 5.41) is 4.98. The molecule has 5 heteroatoms. The van der Waals surface area contributed by atoms with Crippen LogP contribution in [0, 0.1) is 0 Å². The number of thiophene rings is 1. The average Bonchev–Trinajstić information content (AvgIpc) is 2.94. The van der Waals surface area contributed by atoms with Crippen molar-refractivity contribution >= 4 is 23.2 Å². The van der Waals surface area contributed by atoms with Gasteiger partial charge < -0.3 is 10.1 Å². The van der Waals surface area contributed by atoms with Crippen LogP contribution in [0.2, 0.25) is 0 Å². The van der Waals surface area contributed by atoms with Crippen LogP contribution >= 0.6 is 11.3 Å². The number of nitrogens with one attached hydrogen (secondary N) is 1. The Balaban J connectivity index is 2.16. The highest BCUT2D eigenvalue weighted by Crippen LogP contribution is 2.35. The van der Waals surface area contributed by atoms with Crippen LogP contribution in [0.1, 0.15) is 55.9 Å². The molecular formula is C16H23NO3S. The first-order valence-electron chi connectivity index (χ1n) is 7.48. The number of ether oxygens (including phenoxy) is 1. The summed E-state index contributed by atoms with van der Waals surface area (Å²) in [5.41, 5.74) is 0.196. The highest BCUT2D eigenvalue weighted by atomic mass is 32.1. The lowest BCUT2D eigenvalue weighted by atomic mass is 9.86. The van der Waals surface area contributed by atoms with E-state index in [1.807, 2.05) is 18.4 Å². The zero-order valence-corrected chi connectivity index (χ0v) is 13.7. The molecule has 1 aromatic rings. The summed E-state index contributed by atoms with van der Waals surface area (Å²) in [4.78, 5) is 26.0. The number of rotatable bonds is 5. The highest BCUT2D eigenvalue weighted by Gasteiger charge is 2.38. The summed E-state index contributed by atoms with van der Waals surface area (Å²) in [6.45, 7) is 3.74. The summed E-state index contributed by atoms with van der Waals surface area (Å²) in [7, 11) is 1.36. The van der Waals surface area contributed by atoms with E-state index in [2.05, 4.69) is 5.32 Å². The quantitative estimate of drug-likeness (QED) is 0.851. The first-order valence-corrected chi connectivity index (χ1v) is 8.36. The second-order valence-corrected chi connectivity index (χ2v) is 6.81. The summed E-state index contributed by atoms with van der Waals surface area (Å²) < 4.78 is 4.86. The van der Waals surface area contributed by atoms with E-state index in [1.54, 1.807) is 18.3 Å². The maximum Gasteiger partial charge on any atom is 0.331 e. The molecule has 0 radical (unpaired) electrons. The van der Waals surface area contributed by atoms with Gasteiger partial charge in [0.2, 0.25) is 5.91 Å². The number of hydrogen-bond acceptors (Lipinski definition) is 4. The van der Waals surface area contributed by atoms with Crippen molar-refractivity contribution in [1.29, 1.82) is 0 Å². The van der Waals surface area contributed by atoms with Crippen molar-refractivity contribution in [1.82, 2.24) is 5.32 Å². The fourth-order valence-electron chi connectivity index (χ4n) is 3.06. The molecule has 2 unspecified atom stereocenters. The average molecular weight is 309 g/mol. The molecule has 1 heterocycles. The van der Waals surface area contributed by atoms with Crippen LogP contribution in [0.25, 0.3) is 0 Å². The second kappa shape index (κ2) is 6.60. The minimum atomic E-state index is -0.936. The molecule has 1 aliphatic carbocycles. The molecule has 4 nitrogen and oxygen atoms in total. The zero-order chi connectivity index (χ0) is 15.5. The lowest BCUT2D eigenvalue weighted by Gasteiger charge is -2.31. The maximum atomic E-state index is 12.7. The number of fused-ring (bicyclic) bond motifs is 1. The van der Waals surface area contributed by atoms with E-state index < -0.39 is 5.54 Å². The maximum absolute atomic E-state index is 12.7. The van der Waals surface area contributed by atoms with Crippen LogP contribution < -0.4 is 5.32 Å². The largest absolute Gasteiger partial charge is 0.467 e. The number of carbonyl (C=O) groups excluding carboxylic acids is 2. The van der Waals surface area contributed by atoms with Gasteiger partial charge in [0.1, 0.15) is 5.54 Å². The Hall–Kier alpha value is -1.36. The number of methoxy groups -OCH3 is 1. The Morgan fingerprint density at radius 1 is 1.52 bits per heavy atom. The van der Waals surface area contributed by atoms with Crippen molar-refractivity contribution < 1.29 is 14.3 Å². The molecule has 21 heavy (non-hydrogen) atoms. The Bertz CT molecular complexity index is 525. The topological polar surface area (TPSA) is 55.4 Å². The minimum Gasteiger partial charge on any atom is -0.467 e. The number of hydrogen-bond donors (Lipinski definition) is 1.